The first-order valence-electron chi connectivity index (χ1n) is 4.95. The molecule has 0 bridgehead atoms. The molecule has 1 atom stereocenters. The van der Waals surface area contributed by atoms with Gasteiger partial charge >= 0.3 is 0 Å². The number of aryl methyl sites for hydroxylation is 1. The molecular weight excluding hydrogens is 216 g/mol. The molecule has 1 aromatic rings. The minimum atomic E-state index is -0.158. The van der Waals surface area contributed by atoms with Gasteiger partial charge in [-0.1, -0.05) is 19.0 Å². The van der Waals surface area contributed by atoms with E-state index in [1.54, 1.807) is 0 Å². The Labute approximate surface area is 96.2 Å². The Balaban J connectivity index is 0.00000196. The fraction of sp³-hybridized carbons (Fsp3) is 0.700. The normalized spacial score (nSPS) is 12.6. The van der Waals surface area contributed by atoms with Crippen molar-refractivity contribution >= 4 is 12.4 Å². The van der Waals surface area contributed by atoms with Crippen LogP contribution in [-0.2, 0) is 6.42 Å². The molecular formula is C10H19ClN2O2. The van der Waals surface area contributed by atoms with E-state index in [0.717, 1.165) is 24.3 Å². The molecule has 0 radical (unpaired) electrons. The van der Waals surface area contributed by atoms with E-state index < -0.39 is 0 Å². The molecule has 4 nitrogen and oxygen atoms in total. The lowest BCUT2D eigenvalue weighted by molar-refractivity contribution is 0.259. The minimum Gasteiger partial charge on any atom is -0.395 e. The standard InChI is InChI=1S/C10H18N2O2.ClH/c1-7(2)10-5-9(12-14-10)4-3-8(11)6-13;/h5,7-8,13H,3-4,6,11H2,1-2H3;1H. The van der Waals surface area contributed by atoms with Crippen molar-refractivity contribution in [2.24, 2.45) is 5.73 Å². The van der Waals surface area contributed by atoms with Crippen LogP contribution in [0.3, 0.4) is 0 Å². The third-order valence-electron chi connectivity index (χ3n) is 2.15. The zero-order valence-electron chi connectivity index (χ0n) is 9.14. The first-order chi connectivity index (χ1) is 6.63. The summed E-state index contributed by atoms with van der Waals surface area (Å²) in [6, 6.07) is 1.79. The number of halogens is 1. The van der Waals surface area contributed by atoms with E-state index in [1.807, 2.05) is 6.07 Å². The van der Waals surface area contributed by atoms with Gasteiger partial charge in [-0.3, -0.25) is 0 Å². The molecule has 0 saturated heterocycles. The van der Waals surface area contributed by atoms with E-state index in [9.17, 15) is 0 Å². The molecule has 0 aliphatic rings. The fourth-order valence-electron chi connectivity index (χ4n) is 1.14. The van der Waals surface area contributed by atoms with Crippen molar-refractivity contribution in [3.05, 3.63) is 17.5 Å². The van der Waals surface area contributed by atoms with Gasteiger partial charge in [0.2, 0.25) is 0 Å². The van der Waals surface area contributed by atoms with Gasteiger partial charge in [0.15, 0.2) is 0 Å². The van der Waals surface area contributed by atoms with Crippen molar-refractivity contribution in [3.8, 4) is 0 Å². The second kappa shape index (κ2) is 6.82. The van der Waals surface area contributed by atoms with Crippen LogP contribution in [0.15, 0.2) is 10.6 Å². The highest BCUT2D eigenvalue weighted by molar-refractivity contribution is 5.85. The summed E-state index contributed by atoms with van der Waals surface area (Å²) in [6.45, 7) is 4.14. The van der Waals surface area contributed by atoms with E-state index >= 15 is 0 Å². The fourth-order valence-corrected chi connectivity index (χ4v) is 1.14. The molecule has 88 valence electrons. The third kappa shape index (κ3) is 4.64. The molecule has 1 unspecified atom stereocenters. The van der Waals surface area contributed by atoms with Gasteiger partial charge in [-0.2, -0.15) is 0 Å². The topological polar surface area (TPSA) is 72.3 Å². The highest BCUT2D eigenvalue weighted by Crippen LogP contribution is 2.15. The molecule has 0 aliphatic heterocycles. The Morgan fingerprint density at radius 1 is 1.53 bits per heavy atom. The SMILES string of the molecule is CC(C)c1cc(CCC(N)CO)no1.Cl. The van der Waals surface area contributed by atoms with Crippen LogP contribution in [0.1, 0.15) is 37.6 Å². The summed E-state index contributed by atoms with van der Waals surface area (Å²) < 4.78 is 5.14. The van der Waals surface area contributed by atoms with Gasteiger partial charge in [-0.25, -0.2) is 0 Å². The Morgan fingerprint density at radius 2 is 2.20 bits per heavy atom. The molecule has 1 aromatic heterocycles. The molecule has 15 heavy (non-hydrogen) atoms. The summed E-state index contributed by atoms with van der Waals surface area (Å²) >= 11 is 0. The Bertz CT molecular complexity index is 276. The number of aliphatic hydroxyl groups is 1. The predicted molar refractivity (Wildman–Crippen MR) is 61.2 cm³/mol. The van der Waals surface area contributed by atoms with E-state index in [1.165, 1.54) is 0 Å². The van der Waals surface area contributed by atoms with Crippen LogP contribution < -0.4 is 5.73 Å². The van der Waals surface area contributed by atoms with Crippen molar-refractivity contribution in [3.63, 3.8) is 0 Å². The van der Waals surface area contributed by atoms with Gasteiger partial charge in [0, 0.05) is 18.0 Å². The molecule has 0 saturated carbocycles. The number of aliphatic hydroxyl groups excluding tert-OH is 1. The summed E-state index contributed by atoms with van der Waals surface area (Å²) in [5.41, 5.74) is 6.49. The number of aromatic nitrogens is 1. The van der Waals surface area contributed by atoms with Gasteiger partial charge in [0.1, 0.15) is 5.76 Å². The minimum absolute atomic E-state index is 0. The largest absolute Gasteiger partial charge is 0.395 e. The van der Waals surface area contributed by atoms with Crippen molar-refractivity contribution < 1.29 is 9.63 Å². The molecule has 0 fully saturated rings. The number of rotatable bonds is 5. The first-order valence-corrected chi connectivity index (χ1v) is 4.95. The van der Waals surface area contributed by atoms with E-state index in [2.05, 4.69) is 19.0 Å². The number of hydrogen-bond acceptors (Lipinski definition) is 4. The lowest BCUT2D eigenvalue weighted by atomic mass is 10.1. The average molecular weight is 235 g/mol. The molecule has 3 N–H and O–H groups in total. The lowest BCUT2D eigenvalue weighted by Crippen LogP contribution is -2.24. The van der Waals surface area contributed by atoms with Crippen LogP contribution in [0, 0.1) is 0 Å². The van der Waals surface area contributed by atoms with Crippen LogP contribution in [0.5, 0.6) is 0 Å². The summed E-state index contributed by atoms with van der Waals surface area (Å²) in [4.78, 5) is 0. The summed E-state index contributed by atoms with van der Waals surface area (Å²) in [5.74, 6) is 1.26. The van der Waals surface area contributed by atoms with E-state index in [4.69, 9.17) is 15.4 Å². The van der Waals surface area contributed by atoms with Crippen molar-refractivity contribution in [2.45, 2.75) is 38.6 Å². The maximum atomic E-state index is 8.74. The number of nitrogens with two attached hydrogens (primary N) is 1. The predicted octanol–water partition coefficient (Wildman–Crippen LogP) is 1.47. The number of hydrogen-bond donors (Lipinski definition) is 2. The number of nitrogens with zero attached hydrogens (tertiary/aromatic N) is 1. The van der Waals surface area contributed by atoms with Crippen molar-refractivity contribution in [1.29, 1.82) is 0 Å². The van der Waals surface area contributed by atoms with Crippen LogP contribution in [0.25, 0.3) is 0 Å². The maximum absolute atomic E-state index is 8.74. The first kappa shape index (κ1) is 14.4. The van der Waals surface area contributed by atoms with Gasteiger partial charge in [-0.15, -0.1) is 12.4 Å². The molecule has 0 aliphatic carbocycles. The van der Waals surface area contributed by atoms with E-state index in [0.29, 0.717) is 5.92 Å². The Hall–Kier alpha value is -0.580. The zero-order chi connectivity index (χ0) is 10.6. The van der Waals surface area contributed by atoms with E-state index in [-0.39, 0.29) is 25.1 Å². The van der Waals surface area contributed by atoms with Gasteiger partial charge in [0.25, 0.3) is 0 Å². The second-order valence-corrected chi connectivity index (χ2v) is 3.86. The van der Waals surface area contributed by atoms with Crippen LogP contribution >= 0.6 is 12.4 Å². The summed E-state index contributed by atoms with van der Waals surface area (Å²) in [7, 11) is 0. The van der Waals surface area contributed by atoms with Crippen molar-refractivity contribution in [1.82, 2.24) is 5.16 Å². The third-order valence-corrected chi connectivity index (χ3v) is 2.15. The quantitative estimate of drug-likeness (QED) is 0.810. The molecule has 5 heteroatoms. The molecule has 0 aromatic carbocycles. The van der Waals surface area contributed by atoms with Crippen LogP contribution in [0.4, 0.5) is 0 Å². The molecule has 0 spiro atoms. The molecule has 1 heterocycles. The Kier molecular flexibility index (Phi) is 6.56. The Morgan fingerprint density at radius 3 is 2.67 bits per heavy atom. The molecule has 0 amide bonds. The van der Waals surface area contributed by atoms with Crippen molar-refractivity contribution in [2.75, 3.05) is 6.61 Å². The summed E-state index contributed by atoms with van der Waals surface area (Å²) in [5, 5.41) is 12.7. The highest BCUT2D eigenvalue weighted by atomic mass is 35.5. The summed E-state index contributed by atoms with van der Waals surface area (Å²) in [6.07, 6.45) is 1.50. The zero-order valence-corrected chi connectivity index (χ0v) is 9.96. The monoisotopic (exact) mass is 234 g/mol. The van der Waals surface area contributed by atoms with Gasteiger partial charge < -0.3 is 15.4 Å². The average Bonchev–Trinajstić information content (AvgIpc) is 2.62. The maximum Gasteiger partial charge on any atom is 0.139 e. The second-order valence-electron chi connectivity index (χ2n) is 3.86. The molecule has 1 rings (SSSR count). The van der Waals surface area contributed by atoms with Gasteiger partial charge in [-0.05, 0) is 12.8 Å². The van der Waals surface area contributed by atoms with Crippen LogP contribution in [-0.4, -0.2) is 22.9 Å². The van der Waals surface area contributed by atoms with Gasteiger partial charge in [0.05, 0.1) is 12.3 Å². The highest BCUT2D eigenvalue weighted by Gasteiger charge is 2.08. The smallest absolute Gasteiger partial charge is 0.139 e. The van der Waals surface area contributed by atoms with Crippen LogP contribution in [0.2, 0.25) is 0 Å². The lowest BCUT2D eigenvalue weighted by Gasteiger charge is -2.04.